The van der Waals surface area contributed by atoms with Gasteiger partial charge in [0.25, 0.3) is 5.09 Å². The van der Waals surface area contributed by atoms with Crippen molar-refractivity contribution in [3.63, 3.8) is 0 Å². The van der Waals surface area contributed by atoms with Crippen molar-refractivity contribution in [2.45, 2.75) is 34.1 Å². The molecule has 0 radical (unpaired) electrons. The van der Waals surface area contributed by atoms with Crippen LogP contribution in [0.1, 0.15) is 34.1 Å². The van der Waals surface area contributed by atoms with E-state index in [4.69, 9.17) is 0 Å². The topological polar surface area (TPSA) is 64.7 Å². The van der Waals surface area contributed by atoms with E-state index in [0.717, 1.165) is 12.1 Å². The second kappa shape index (κ2) is 5.33. The molecule has 0 saturated carbocycles. The van der Waals surface area contributed by atoms with Crippen molar-refractivity contribution < 1.29 is 9.92 Å². The second-order valence-corrected chi connectivity index (χ2v) is 5.41. The Bertz CT molecular complexity index is 410. The van der Waals surface area contributed by atoms with Crippen LogP contribution in [0.4, 0.5) is 0 Å². The SMILES string of the molecule is CCC(C)(C)C1=CC=CC(C)(CO[N+](=O)[O-])C=N1. The van der Waals surface area contributed by atoms with Crippen LogP contribution >= 0.6 is 0 Å². The van der Waals surface area contributed by atoms with Crippen molar-refractivity contribution in [1.82, 2.24) is 0 Å². The second-order valence-electron chi connectivity index (χ2n) is 5.41. The van der Waals surface area contributed by atoms with E-state index in [-0.39, 0.29) is 12.0 Å². The average Bonchev–Trinajstić information content (AvgIpc) is 2.50. The fraction of sp³-hybridized carbons (Fsp3) is 0.615. The van der Waals surface area contributed by atoms with Gasteiger partial charge in [0.05, 0.1) is 0 Å². The Morgan fingerprint density at radius 3 is 2.78 bits per heavy atom. The van der Waals surface area contributed by atoms with Crippen LogP contribution in [0.25, 0.3) is 0 Å². The molecule has 1 rings (SSSR count). The molecule has 0 spiro atoms. The Hall–Kier alpha value is -1.65. The van der Waals surface area contributed by atoms with Gasteiger partial charge in [0.2, 0.25) is 0 Å². The molecule has 100 valence electrons. The maximum absolute atomic E-state index is 10.2. The minimum Gasteiger partial charge on any atom is -0.313 e. The lowest BCUT2D eigenvalue weighted by Crippen LogP contribution is -2.24. The number of hydrogen-bond donors (Lipinski definition) is 0. The predicted octanol–water partition coefficient (Wildman–Crippen LogP) is 3.16. The Morgan fingerprint density at radius 1 is 1.56 bits per heavy atom. The summed E-state index contributed by atoms with van der Waals surface area (Å²) in [5, 5.41) is 9.47. The molecule has 1 aliphatic rings. The van der Waals surface area contributed by atoms with Crippen LogP contribution in [-0.4, -0.2) is 17.9 Å². The third-order valence-corrected chi connectivity index (χ3v) is 3.29. The molecule has 1 atom stereocenters. The molecule has 0 aromatic carbocycles. The van der Waals surface area contributed by atoms with Crippen LogP contribution in [-0.2, 0) is 4.84 Å². The summed E-state index contributed by atoms with van der Waals surface area (Å²) in [6, 6.07) is 0. The zero-order valence-corrected chi connectivity index (χ0v) is 11.3. The van der Waals surface area contributed by atoms with Crippen molar-refractivity contribution in [1.29, 1.82) is 0 Å². The fourth-order valence-corrected chi connectivity index (χ4v) is 1.52. The molecule has 0 aromatic rings. The van der Waals surface area contributed by atoms with Gasteiger partial charge in [-0.15, -0.1) is 10.1 Å². The lowest BCUT2D eigenvalue weighted by atomic mass is 9.86. The van der Waals surface area contributed by atoms with Crippen molar-refractivity contribution in [3.05, 3.63) is 34.0 Å². The predicted molar refractivity (Wildman–Crippen MR) is 70.8 cm³/mol. The molecule has 1 aliphatic heterocycles. The van der Waals surface area contributed by atoms with Crippen LogP contribution < -0.4 is 0 Å². The first-order chi connectivity index (χ1) is 8.29. The molecule has 0 bridgehead atoms. The van der Waals surface area contributed by atoms with Gasteiger partial charge in [0.15, 0.2) is 0 Å². The molecular weight excluding hydrogens is 232 g/mol. The van der Waals surface area contributed by atoms with Crippen molar-refractivity contribution in [3.8, 4) is 0 Å². The van der Waals surface area contributed by atoms with E-state index in [9.17, 15) is 10.1 Å². The Labute approximate surface area is 107 Å². The largest absolute Gasteiger partial charge is 0.313 e. The Balaban J connectivity index is 2.84. The molecule has 18 heavy (non-hydrogen) atoms. The summed E-state index contributed by atoms with van der Waals surface area (Å²) in [4.78, 5) is 19.2. The number of nitrogens with zero attached hydrogens (tertiary/aromatic N) is 2. The highest BCUT2D eigenvalue weighted by atomic mass is 16.9. The van der Waals surface area contributed by atoms with E-state index in [1.165, 1.54) is 0 Å². The van der Waals surface area contributed by atoms with Gasteiger partial charge in [0, 0.05) is 22.7 Å². The number of hydrogen-bond acceptors (Lipinski definition) is 4. The summed E-state index contributed by atoms with van der Waals surface area (Å²) in [7, 11) is 0. The first kappa shape index (κ1) is 14.4. The van der Waals surface area contributed by atoms with E-state index < -0.39 is 10.5 Å². The highest BCUT2D eigenvalue weighted by Gasteiger charge is 2.25. The Morgan fingerprint density at radius 2 is 2.22 bits per heavy atom. The molecule has 0 aliphatic carbocycles. The third kappa shape index (κ3) is 3.68. The van der Waals surface area contributed by atoms with Crippen LogP contribution in [0.15, 0.2) is 28.9 Å². The molecule has 0 amide bonds. The molecule has 1 heterocycles. The monoisotopic (exact) mass is 252 g/mol. The first-order valence-electron chi connectivity index (χ1n) is 6.02. The van der Waals surface area contributed by atoms with E-state index in [0.29, 0.717) is 0 Å². The van der Waals surface area contributed by atoms with E-state index in [1.54, 1.807) is 6.21 Å². The molecule has 0 N–H and O–H groups in total. The molecule has 5 heteroatoms. The molecule has 1 unspecified atom stereocenters. The molecule has 0 saturated heterocycles. The maximum atomic E-state index is 10.2. The van der Waals surface area contributed by atoms with E-state index >= 15 is 0 Å². The smallest absolute Gasteiger partial charge is 0.294 e. The summed E-state index contributed by atoms with van der Waals surface area (Å²) in [5.41, 5.74) is 0.427. The highest BCUT2D eigenvalue weighted by molar-refractivity contribution is 5.70. The number of rotatable bonds is 5. The van der Waals surface area contributed by atoms with Crippen molar-refractivity contribution >= 4 is 6.21 Å². The van der Waals surface area contributed by atoms with Crippen LogP contribution in [0.5, 0.6) is 0 Å². The van der Waals surface area contributed by atoms with Crippen molar-refractivity contribution in [2.75, 3.05) is 6.61 Å². The lowest BCUT2D eigenvalue weighted by molar-refractivity contribution is -0.759. The van der Waals surface area contributed by atoms with E-state index in [2.05, 4.69) is 30.6 Å². The van der Waals surface area contributed by atoms with E-state index in [1.807, 2.05) is 25.2 Å². The zero-order valence-electron chi connectivity index (χ0n) is 11.3. The van der Waals surface area contributed by atoms with Crippen LogP contribution in [0, 0.1) is 20.9 Å². The first-order valence-corrected chi connectivity index (χ1v) is 6.02. The summed E-state index contributed by atoms with van der Waals surface area (Å²) in [6.45, 7) is 8.19. The minimum absolute atomic E-state index is 0.00392. The molecule has 5 nitrogen and oxygen atoms in total. The fourth-order valence-electron chi connectivity index (χ4n) is 1.52. The summed E-state index contributed by atoms with van der Waals surface area (Å²) >= 11 is 0. The maximum Gasteiger partial charge on any atom is 0.294 e. The summed E-state index contributed by atoms with van der Waals surface area (Å²) in [5.74, 6) is 0. The molecule has 0 aromatic heterocycles. The van der Waals surface area contributed by atoms with Gasteiger partial charge in [-0.1, -0.05) is 32.9 Å². The average molecular weight is 252 g/mol. The lowest BCUT2D eigenvalue weighted by Gasteiger charge is -2.23. The summed E-state index contributed by atoms with van der Waals surface area (Å²) < 4.78 is 0. The van der Waals surface area contributed by atoms with Gasteiger partial charge in [-0.3, -0.25) is 4.99 Å². The van der Waals surface area contributed by atoms with Gasteiger partial charge in [-0.2, -0.15) is 0 Å². The van der Waals surface area contributed by atoms with Crippen LogP contribution in [0.2, 0.25) is 0 Å². The molecule has 0 fully saturated rings. The summed E-state index contributed by atoms with van der Waals surface area (Å²) in [6.07, 6.45) is 8.43. The zero-order chi connectivity index (χ0) is 13.8. The van der Waals surface area contributed by atoms with Gasteiger partial charge >= 0.3 is 0 Å². The Kier molecular flexibility index (Phi) is 4.27. The number of allylic oxidation sites excluding steroid dienone is 3. The minimum atomic E-state index is -0.776. The number of aliphatic imine (C=N–C) groups is 1. The van der Waals surface area contributed by atoms with Gasteiger partial charge in [-0.25, -0.2) is 0 Å². The third-order valence-electron chi connectivity index (χ3n) is 3.29. The van der Waals surface area contributed by atoms with Gasteiger partial charge in [-0.05, 0) is 19.4 Å². The normalized spacial score (nSPS) is 23.4. The standard InChI is InChI=1S/C13H20N2O3/c1-5-12(2,3)11-7-6-8-13(4,9-14-11)10-18-15(16)17/h6-9H,5,10H2,1-4H3. The van der Waals surface area contributed by atoms with Gasteiger partial charge < -0.3 is 4.84 Å². The molecular formula is C13H20N2O3. The highest BCUT2D eigenvalue weighted by Crippen LogP contribution is 2.33. The quantitative estimate of drug-likeness (QED) is 0.557. The van der Waals surface area contributed by atoms with Crippen LogP contribution in [0.3, 0.4) is 0 Å². The van der Waals surface area contributed by atoms with Gasteiger partial charge in [0.1, 0.15) is 6.61 Å². The van der Waals surface area contributed by atoms with Crippen molar-refractivity contribution in [2.24, 2.45) is 15.8 Å².